The van der Waals surface area contributed by atoms with Crippen LogP contribution < -0.4 is 10.9 Å². The van der Waals surface area contributed by atoms with E-state index in [1.54, 1.807) is 0 Å². The fraction of sp³-hybridized carbons (Fsp3) is 0.167. The van der Waals surface area contributed by atoms with Crippen LogP contribution >= 0.6 is 0 Å². The number of pyridine rings is 1. The summed E-state index contributed by atoms with van der Waals surface area (Å²) in [6, 6.07) is 15.3. The molecule has 4 aromatic rings. The van der Waals surface area contributed by atoms with Gasteiger partial charge in [-0.05, 0) is 30.2 Å². The standard InChI is InChI=1S/C24H20N6O2/c1-15-2-4-16(5-3-15)10-26-23(31)21-9-19-22(12-25-21)27-14-30(24(19)32)13-17-6-7-18-11-28-29-20(18)8-17/h2-9,12,14H,10-11,13H2,1H3,(H,26,31). The van der Waals surface area contributed by atoms with E-state index < -0.39 is 0 Å². The first kappa shape index (κ1) is 19.7. The molecule has 1 aliphatic heterocycles. The van der Waals surface area contributed by atoms with Gasteiger partial charge in [0.1, 0.15) is 5.69 Å². The number of nitrogens with one attached hydrogen (secondary N) is 1. The zero-order chi connectivity index (χ0) is 22.1. The van der Waals surface area contributed by atoms with Gasteiger partial charge in [-0.25, -0.2) is 9.97 Å². The highest BCUT2D eigenvalue weighted by Gasteiger charge is 2.13. The van der Waals surface area contributed by atoms with Gasteiger partial charge in [0.05, 0.1) is 42.2 Å². The van der Waals surface area contributed by atoms with E-state index >= 15 is 0 Å². The molecule has 0 atom stereocenters. The molecule has 8 heteroatoms. The van der Waals surface area contributed by atoms with Crippen molar-refractivity contribution < 1.29 is 4.79 Å². The zero-order valence-corrected chi connectivity index (χ0v) is 17.4. The molecule has 0 bridgehead atoms. The molecule has 0 aliphatic carbocycles. The van der Waals surface area contributed by atoms with Crippen molar-refractivity contribution in [1.29, 1.82) is 0 Å². The molecule has 8 nitrogen and oxygen atoms in total. The zero-order valence-electron chi connectivity index (χ0n) is 17.4. The Labute approximate surface area is 183 Å². The van der Waals surface area contributed by atoms with Gasteiger partial charge in [-0.1, -0.05) is 42.0 Å². The Morgan fingerprint density at radius 1 is 1.06 bits per heavy atom. The molecule has 5 rings (SSSR count). The molecule has 0 spiro atoms. The number of benzene rings is 2. The van der Waals surface area contributed by atoms with Crippen LogP contribution in [0.3, 0.4) is 0 Å². The van der Waals surface area contributed by atoms with E-state index in [4.69, 9.17) is 0 Å². The molecule has 3 heterocycles. The number of aryl methyl sites for hydroxylation is 1. The van der Waals surface area contributed by atoms with Gasteiger partial charge in [0.15, 0.2) is 0 Å². The van der Waals surface area contributed by atoms with E-state index in [0.717, 1.165) is 27.9 Å². The lowest BCUT2D eigenvalue weighted by Crippen LogP contribution is -2.25. The Hall–Kier alpha value is -4.20. The largest absolute Gasteiger partial charge is 0.347 e. The number of carbonyl (C=O) groups is 1. The van der Waals surface area contributed by atoms with Crippen LogP contribution in [0.25, 0.3) is 10.9 Å². The van der Waals surface area contributed by atoms with Crippen molar-refractivity contribution in [3.63, 3.8) is 0 Å². The van der Waals surface area contributed by atoms with Gasteiger partial charge in [0, 0.05) is 12.1 Å². The highest BCUT2D eigenvalue weighted by molar-refractivity contribution is 5.95. The van der Waals surface area contributed by atoms with Crippen molar-refractivity contribution in [2.75, 3.05) is 0 Å². The molecule has 158 valence electrons. The molecule has 1 aliphatic rings. The third kappa shape index (κ3) is 3.90. The van der Waals surface area contributed by atoms with E-state index in [0.29, 0.717) is 30.5 Å². The van der Waals surface area contributed by atoms with Crippen molar-refractivity contribution >= 4 is 22.5 Å². The lowest BCUT2D eigenvalue weighted by Gasteiger charge is -2.09. The Morgan fingerprint density at radius 2 is 1.88 bits per heavy atom. The third-order valence-corrected chi connectivity index (χ3v) is 5.44. The lowest BCUT2D eigenvalue weighted by molar-refractivity contribution is 0.0946. The summed E-state index contributed by atoms with van der Waals surface area (Å²) in [6.07, 6.45) is 2.95. The molecule has 0 saturated carbocycles. The Morgan fingerprint density at radius 3 is 2.72 bits per heavy atom. The molecule has 1 amide bonds. The first-order chi connectivity index (χ1) is 15.6. The van der Waals surface area contributed by atoms with Gasteiger partial charge < -0.3 is 5.32 Å². The van der Waals surface area contributed by atoms with Gasteiger partial charge >= 0.3 is 0 Å². The van der Waals surface area contributed by atoms with Crippen LogP contribution in [0.1, 0.15) is 32.7 Å². The van der Waals surface area contributed by atoms with Gasteiger partial charge in [-0.2, -0.15) is 10.2 Å². The van der Waals surface area contributed by atoms with Crippen LogP contribution in [0.4, 0.5) is 5.69 Å². The lowest BCUT2D eigenvalue weighted by atomic mass is 10.1. The summed E-state index contributed by atoms with van der Waals surface area (Å²) in [4.78, 5) is 34.2. The maximum Gasteiger partial charge on any atom is 0.270 e. The molecule has 2 aromatic heterocycles. The number of azo groups is 1. The first-order valence-electron chi connectivity index (χ1n) is 10.2. The van der Waals surface area contributed by atoms with Crippen molar-refractivity contribution in [3.8, 4) is 0 Å². The van der Waals surface area contributed by atoms with Crippen molar-refractivity contribution in [3.05, 3.63) is 99.4 Å². The molecular formula is C24H20N6O2. The van der Waals surface area contributed by atoms with Gasteiger partial charge in [-0.3, -0.25) is 14.2 Å². The van der Waals surface area contributed by atoms with E-state index in [1.165, 1.54) is 23.2 Å². The quantitative estimate of drug-likeness (QED) is 0.528. The maximum absolute atomic E-state index is 13.1. The Bertz CT molecular complexity index is 1420. The van der Waals surface area contributed by atoms with Crippen LogP contribution in [0.2, 0.25) is 0 Å². The molecule has 0 radical (unpaired) electrons. The van der Waals surface area contributed by atoms with Crippen LogP contribution in [0.15, 0.2) is 76.1 Å². The van der Waals surface area contributed by atoms with Crippen LogP contribution in [0, 0.1) is 6.92 Å². The second-order valence-electron chi connectivity index (χ2n) is 7.80. The number of hydrogen-bond donors (Lipinski definition) is 1. The maximum atomic E-state index is 13.1. The van der Waals surface area contributed by atoms with E-state index in [2.05, 4.69) is 25.5 Å². The summed E-state index contributed by atoms with van der Waals surface area (Å²) >= 11 is 0. The average Bonchev–Trinajstić information content (AvgIpc) is 3.28. The first-order valence-corrected chi connectivity index (χ1v) is 10.2. The summed E-state index contributed by atoms with van der Waals surface area (Å²) in [5.41, 5.74) is 5.38. The fourth-order valence-corrected chi connectivity index (χ4v) is 3.60. The van der Waals surface area contributed by atoms with Crippen molar-refractivity contribution in [2.45, 2.75) is 26.6 Å². The summed E-state index contributed by atoms with van der Waals surface area (Å²) in [5.74, 6) is -0.341. The number of carbonyl (C=O) groups excluding carboxylic acids is 1. The van der Waals surface area contributed by atoms with E-state index in [9.17, 15) is 9.59 Å². The predicted molar refractivity (Wildman–Crippen MR) is 120 cm³/mol. The number of amides is 1. The molecule has 0 unspecified atom stereocenters. The van der Waals surface area contributed by atoms with Gasteiger partial charge in [-0.15, -0.1) is 0 Å². The highest BCUT2D eigenvalue weighted by atomic mass is 16.2. The number of aromatic nitrogens is 3. The normalized spacial score (nSPS) is 12.2. The number of rotatable bonds is 5. The van der Waals surface area contributed by atoms with Crippen molar-refractivity contribution in [1.82, 2.24) is 19.9 Å². The van der Waals surface area contributed by atoms with E-state index in [1.807, 2.05) is 49.4 Å². The van der Waals surface area contributed by atoms with Crippen molar-refractivity contribution in [2.24, 2.45) is 10.2 Å². The van der Waals surface area contributed by atoms with Crippen LogP contribution in [-0.2, 0) is 19.6 Å². The molecule has 0 fully saturated rings. The second-order valence-corrected chi connectivity index (χ2v) is 7.80. The minimum absolute atomic E-state index is 0.180. The summed E-state index contributed by atoms with van der Waals surface area (Å²) in [5, 5.41) is 11.3. The SMILES string of the molecule is Cc1ccc(CNC(=O)c2cc3c(=O)n(Cc4ccc5c(c4)N=NC5)cnc3cn2)cc1. The minimum Gasteiger partial charge on any atom is -0.347 e. The smallest absolute Gasteiger partial charge is 0.270 e. The number of hydrogen-bond acceptors (Lipinski definition) is 6. The van der Waals surface area contributed by atoms with Gasteiger partial charge in [0.2, 0.25) is 0 Å². The minimum atomic E-state index is -0.341. The molecule has 0 saturated heterocycles. The highest BCUT2D eigenvalue weighted by Crippen LogP contribution is 2.27. The molecule has 2 aromatic carbocycles. The third-order valence-electron chi connectivity index (χ3n) is 5.44. The fourth-order valence-electron chi connectivity index (χ4n) is 3.60. The Balaban J connectivity index is 1.38. The average molecular weight is 424 g/mol. The molecule has 32 heavy (non-hydrogen) atoms. The van der Waals surface area contributed by atoms with Crippen LogP contribution in [-0.4, -0.2) is 20.4 Å². The van der Waals surface area contributed by atoms with Crippen LogP contribution in [0.5, 0.6) is 0 Å². The predicted octanol–water partition coefficient (Wildman–Crippen LogP) is 3.68. The number of fused-ring (bicyclic) bond motifs is 2. The summed E-state index contributed by atoms with van der Waals surface area (Å²) < 4.78 is 1.52. The van der Waals surface area contributed by atoms with E-state index in [-0.39, 0.29) is 17.2 Å². The topological polar surface area (TPSA) is 102 Å². The molecule has 1 N–H and O–H groups in total. The van der Waals surface area contributed by atoms with Gasteiger partial charge in [0.25, 0.3) is 11.5 Å². The Kier molecular flexibility index (Phi) is 5.03. The second kappa shape index (κ2) is 8.14. The number of nitrogens with zero attached hydrogens (tertiary/aromatic N) is 5. The summed E-state index contributed by atoms with van der Waals surface area (Å²) in [6.45, 7) is 3.33. The summed E-state index contributed by atoms with van der Waals surface area (Å²) in [7, 11) is 0. The molecular weight excluding hydrogens is 404 g/mol. The monoisotopic (exact) mass is 424 g/mol.